The van der Waals surface area contributed by atoms with Crippen LogP contribution in [0.1, 0.15) is 10.6 Å². The Kier molecular flexibility index (Phi) is 3.46. The summed E-state index contributed by atoms with van der Waals surface area (Å²) in [6.45, 7) is 0. The summed E-state index contributed by atoms with van der Waals surface area (Å²) in [6.07, 6.45) is 1.38. The van der Waals surface area contributed by atoms with E-state index in [-0.39, 0.29) is 17.2 Å². The lowest BCUT2D eigenvalue weighted by molar-refractivity contribution is -0.384. The van der Waals surface area contributed by atoms with Crippen molar-refractivity contribution >= 4 is 17.3 Å². The first-order chi connectivity index (χ1) is 9.11. The van der Waals surface area contributed by atoms with Gasteiger partial charge in [0.15, 0.2) is 5.76 Å². The van der Waals surface area contributed by atoms with Gasteiger partial charge in [-0.2, -0.15) is 0 Å². The van der Waals surface area contributed by atoms with Gasteiger partial charge in [0, 0.05) is 6.07 Å². The normalized spacial score (nSPS) is 9.95. The second-order valence-corrected chi connectivity index (χ2v) is 3.57. The summed E-state index contributed by atoms with van der Waals surface area (Å²) >= 11 is 0. The molecule has 2 rings (SSSR count). The van der Waals surface area contributed by atoms with Crippen LogP contribution in [0.2, 0.25) is 0 Å². The van der Waals surface area contributed by atoms with Crippen molar-refractivity contribution in [1.29, 1.82) is 0 Å². The lowest BCUT2D eigenvalue weighted by atomic mass is 10.2. The van der Waals surface area contributed by atoms with Crippen LogP contribution in [0, 0.1) is 10.1 Å². The van der Waals surface area contributed by atoms with Crippen molar-refractivity contribution in [2.24, 2.45) is 0 Å². The molecule has 98 valence electrons. The number of methoxy groups -OCH3 is 1. The molecule has 0 fully saturated rings. The van der Waals surface area contributed by atoms with E-state index < -0.39 is 10.8 Å². The van der Waals surface area contributed by atoms with Crippen molar-refractivity contribution in [3.8, 4) is 5.75 Å². The van der Waals surface area contributed by atoms with Gasteiger partial charge in [-0.1, -0.05) is 0 Å². The van der Waals surface area contributed by atoms with Gasteiger partial charge in [-0.05, 0) is 18.2 Å². The quantitative estimate of drug-likeness (QED) is 0.674. The molecule has 0 aliphatic heterocycles. The molecular weight excluding hydrogens is 252 g/mol. The van der Waals surface area contributed by atoms with Gasteiger partial charge in [-0.25, -0.2) is 0 Å². The summed E-state index contributed by atoms with van der Waals surface area (Å²) in [6, 6.07) is 7.00. The van der Waals surface area contributed by atoms with E-state index in [4.69, 9.17) is 9.15 Å². The van der Waals surface area contributed by atoms with Crippen LogP contribution in [-0.2, 0) is 0 Å². The molecule has 7 nitrogen and oxygen atoms in total. The topological polar surface area (TPSA) is 94.6 Å². The molecule has 0 unspecified atom stereocenters. The molecule has 0 aliphatic rings. The number of carbonyl (C=O) groups excluding carboxylic acids is 1. The SMILES string of the molecule is COc1cc([N+](=O)[O-])ccc1NC(=O)c1ccco1. The molecule has 0 atom stereocenters. The zero-order chi connectivity index (χ0) is 13.8. The van der Waals surface area contributed by atoms with Gasteiger partial charge in [0.2, 0.25) is 0 Å². The number of hydrogen-bond donors (Lipinski definition) is 1. The standard InChI is InChI=1S/C12H10N2O5/c1-18-11-7-8(14(16)17)4-5-9(11)13-12(15)10-3-2-6-19-10/h2-7H,1H3,(H,13,15). The first-order valence-corrected chi connectivity index (χ1v) is 5.29. The van der Waals surface area contributed by atoms with Gasteiger partial charge < -0.3 is 14.5 Å². The Labute approximate surface area is 107 Å². The van der Waals surface area contributed by atoms with Crippen LogP contribution in [0.4, 0.5) is 11.4 Å². The summed E-state index contributed by atoms with van der Waals surface area (Å²) in [4.78, 5) is 21.9. The zero-order valence-corrected chi connectivity index (χ0v) is 9.95. The number of amides is 1. The van der Waals surface area contributed by atoms with E-state index in [1.807, 2.05) is 0 Å². The third-order valence-corrected chi connectivity index (χ3v) is 2.39. The predicted octanol–water partition coefficient (Wildman–Crippen LogP) is 2.45. The molecule has 2 aromatic rings. The van der Waals surface area contributed by atoms with E-state index >= 15 is 0 Å². The number of rotatable bonds is 4. The van der Waals surface area contributed by atoms with Crippen LogP contribution in [0.3, 0.4) is 0 Å². The molecule has 0 bridgehead atoms. The van der Waals surface area contributed by atoms with E-state index in [9.17, 15) is 14.9 Å². The van der Waals surface area contributed by atoms with Gasteiger partial charge in [-0.15, -0.1) is 0 Å². The molecule has 0 saturated heterocycles. The fraction of sp³-hybridized carbons (Fsp3) is 0.0833. The van der Waals surface area contributed by atoms with Crippen molar-refractivity contribution in [3.63, 3.8) is 0 Å². The van der Waals surface area contributed by atoms with Crippen molar-refractivity contribution < 1.29 is 18.9 Å². The van der Waals surface area contributed by atoms with Crippen LogP contribution in [0.25, 0.3) is 0 Å². The molecule has 19 heavy (non-hydrogen) atoms. The highest BCUT2D eigenvalue weighted by molar-refractivity contribution is 6.03. The molecule has 0 aliphatic carbocycles. The number of furan rings is 1. The molecule has 1 heterocycles. The highest BCUT2D eigenvalue weighted by Gasteiger charge is 2.15. The Bertz CT molecular complexity index is 607. The average Bonchev–Trinajstić information content (AvgIpc) is 2.92. The molecule has 0 radical (unpaired) electrons. The number of nitrogens with zero attached hydrogens (tertiary/aromatic N) is 1. The van der Waals surface area contributed by atoms with Crippen LogP contribution < -0.4 is 10.1 Å². The Morgan fingerprint density at radius 1 is 1.42 bits per heavy atom. The minimum absolute atomic E-state index is 0.118. The largest absolute Gasteiger partial charge is 0.494 e. The first kappa shape index (κ1) is 12.6. The minimum atomic E-state index is -0.541. The number of carbonyl (C=O) groups is 1. The van der Waals surface area contributed by atoms with Crippen LogP contribution in [0.15, 0.2) is 41.0 Å². The fourth-order valence-corrected chi connectivity index (χ4v) is 1.49. The number of nitrogens with one attached hydrogen (secondary N) is 1. The molecular formula is C12H10N2O5. The summed E-state index contributed by atoms with van der Waals surface area (Å²) < 4.78 is 9.95. The number of anilines is 1. The fourth-order valence-electron chi connectivity index (χ4n) is 1.49. The molecule has 1 amide bonds. The minimum Gasteiger partial charge on any atom is -0.494 e. The van der Waals surface area contributed by atoms with E-state index in [0.717, 1.165) is 0 Å². The number of ether oxygens (including phenoxy) is 1. The smallest absolute Gasteiger partial charge is 0.291 e. The summed E-state index contributed by atoms with van der Waals surface area (Å²) in [7, 11) is 1.36. The molecule has 0 saturated carbocycles. The van der Waals surface area contributed by atoms with E-state index in [2.05, 4.69) is 5.32 Å². The number of hydrogen-bond acceptors (Lipinski definition) is 5. The molecule has 1 N–H and O–H groups in total. The third-order valence-electron chi connectivity index (χ3n) is 2.39. The zero-order valence-electron chi connectivity index (χ0n) is 9.95. The predicted molar refractivity (Wildman–Crippen MR) is 66.3 cm³/mol. The van der Waals surface area contributed by atoms with Crippen molar-refractivity contribution in [2.45, 2.75) is 0 Å². The number of benzene rings is 1. The van der Waals surface area contributed by atoms with Gasteiger partial charge in [0.1, 0.15) is 5.75 Å². The summed E-state index contributed by atoms with van der Waals surface area (Å²) in [5.74, 6) is -0.119. The number of non-ortho nitro benzene ring substituents is 1. The van der Waals surface area contributed by atoms with E-state index in [1.54, 1.807) is 6.07 Å². The first-order valence-electron chi connectivity index (χ1n) is 5.29. The van der Waals surface area contributed by atoms with Gasteiger partial charge in [0.05, 0.1) is 30.1 Å². The second-order valence-electron chi connectivity index (χ2n) is 3.57. The molecule has 1 aromatic carbocycles. The molecule has 1 aromatic heterocycles. The molecule has 7 heteroatoms. The Balaban J connectivity index is 2.25. The monoisotopic (exact) mass is 262 g/mol. The number of nitro groups is 1. The maximum Gasteiger partial charge on any atom is 0.291 e. The third kappa shape index (κ3) is 2.71. The molecule has 0 spiro atoms. The summed E-state index contributed by atoms with van der Waals surface area (Å²) in [5, 5.41) is 13.2. The van der Waals surface area contributed by atoms with Crippen LogP contribution >= 0.6 is 0 Å². The van der Waals surface area contributed by atoms with Gasteiger partial charge >= 0.3 is 0 Å². The van der Waals surface area contributed by atoms with Crippen molar-refractivity contribution in [3.05, 3.63) is 52.5 Å². The van der Waals surface area contributed by atoms with E-state index in [1.165, 1.54) is 37.6 Å². The Hall–Kier alpha value is -2.83. The highest BCUT2D eigenvalue weighted by atomic mass is 16.6. The van der Waals surface area contributed by atoms with Gasteiger partial charge in [-0.3, -0.25) is 14.9 Å². The van der Waals surface area contributed by atoms with E-state index in [0.29, 0.717) is 5.69 Å². The lowest BCUT2D eigenvalue weighted by Crippen LogP contribution is -2.11. The maximum absolute atomic E-state index is 11.8. The highest BCUT2D eigenvalue weighted by Crippen LogP contribution is 2.29. The maximum atomic E-state index is 11.8. The Morgan fingerprint density at radius 3 is 2.79 bits per heavy atom. The lowest BCUT2D eigenvalue weighted by Gasteiger charge is -2.08. The second kappa shape index (κ2) is 5.21. The number of nitro benzene ring substituents is 1. The van der Waals surface area contributed by atoms with Crippen molar-refractivity contribution in [2.75, 3.05) is 12.4 Å². The van der Waals surface area contributed by atoms with Crippen LogP contribution in [-0.4, -0.2) is 17.9 Å². The van der Waals surface area contributed by atoms with Crippen LogP contribution in [0.5, 0.6) is 5.75 Å². The van der Waals surface area contributed by atoms with Crippen molar-refractivity contribution in [1.82, 2.24) is 0 Å². The van der Waals surface area contributed by atoms with Gasteiger partial charge in [0.25, 0.3) is 11.6 Å². The average molecular weight is 262 g/mol. The summed E-state index contributed by atoms with van der Waals surface area (Å²) in [5.41, 5.74) is 0.211. The Morgan fingerprint density at radius 2 is 2.21 bits per heavy atom.